The van der Waals surface area contributed by atoms with Crippen molar-refractivity contribution in [2.45, 2.75) is 25.4 Å². The van der Waals surface area contributed by atoms with Crippen molar-refractivity contribution < 1.29 is 9.47 Å². The van der Waals surface area contributed by atoms with Gasteiger partial charge in [0.25, 0.3) is 0 Å². The predicted molar refractivity (Wildman–Crippen MR) is 48.0 cm³/mol. The van der Waals surface area contributed by atoms with Crippen LogP contribution in [-0.4, -0.2) is 32.5 Å². The molecular formula is C9H19NO2. The number of nitrogens with two attached hydrogens (primary N) is 1. The Morgan fingerprint density at radius 1 is 1.67 bits per heavy atom. The van der Waals surface area contributed by atoms with E-state index in [1.54, 1.807) is 7.11 Å². The quantitative estimate of drug-likeness (QED) is 0.683. The average Bonchev–Trinajstić information content (AvgIpc) is 2.50. The summed E-state index contributed by atoms with van der Waals surface area (Å²) in [6, 6.07) is 0. The van der Waals surface area contributed by atoms with E-state index < -0.39 is 0 Å². The summed E-state index contributed by atoms with van der Waals surface area (Å²) in [7, 11) is 1.73. The van der Waals surface area contributed by atoms with E-state index in [4.69, 9.17) is 15.2 Å². The van der Waals surface area contributed by atoms with Gasteiger partial charge in [0.1, 0.15) is 5.60 Å². The Hall–Kier alpha value is -0.120. The van der Waals surface area contributed by atoms with Crippen LogP contribution in [0.2, 0.25) is 0 Å². The lowest BCUT2D eigenvalue weighted by Gasteiger charge is -2.30. The molecule has 1 fully saturated rings. The molecule has 2 N–H and O–H groups in total. The lowest BCUT2D eigenvalue weighted by Crippen LogP contribution is -2.46. The molecule has 1 rings (SSSR count). The van der Waals surface area contributed by atoms with Crippen molar-refractivity contribution in [3.05, 3.63) is 0 Å². The zero-order chi connectivity index (χ0) is 9.03. The van der Waals surface area contributed by atoms with Crippen LogP contribution in [0.25, 0.3) is 0 Å². The maximum Gasteiger partial charge on any atom is 0.108 e. The van der Waals surface area contributed by atoms with Crippen molar-refractivity contribution in [3.8, 4) is 0 Å². The summed E-state index contributed by atoms with van der Waals surface area (Å²) in [6.45, 7) is 4.20. The van der Waals surface area contributed by atoms with Crippen LogP contribution in [0.4, 0.5) is 0 Å². The fourth-order valence-corrected chi connectivity index (χ4v) is 1.87. The maximum atomic E-state index is 5.69. The number of rotatable bonds is 4. The van der Waals surface area contributed by atoms with Crippen LogP contribution in [0.1, 0.15) is 19.8 Å². The standard InChI is InChI=1S/C9H19NO2/c1-3-4-8-5-12-7-9(8,6-10)11-2/h8H,3-7,10H2,1-2H3. The molecule has 1 aliphatic rings. The Balaban J connectivity index is 2.58. The van der Waals surface area contributed by atoms with Crippen molar-refractivity contribution in [2.75, 3.05) is 26.9 Å². The highest BCUT2D eigenvalue weighted by atomic mass is 16.6. The van der Waals surface area contributed by atoms with Crippen LogP contribution in [0.15, 0.2) is 0 Å². The van der Waals surface area contributed by atoms with Gasteiger partial charge in [-0.2, -0.15) is 0 Å². The molecule has 1 saturated heterocycles. The van der Waals surface area contributed by atoms with Gasteiger partial charge < -0.3 is 15.2 Å². The Morgan fingerprint density at radius 3 is 2.92 bits per heavy atom. The van der Waals surface area contributed by atoms with Gasteiger partial charge in [0.2, 0.25) is 0 Å². The molecule has 0 saturated carbocycles. The minimum absolute atomic E-state index is 0.198. The van der Waals surface area contributed by atoms with Gasteiger partial charge in [-0.15, -0.1) is 0 Å². The topological polar surface area (TPSA) is 44.5 Å². The first-order valence-corrected chi connectivity index (χ1v) is 4.62. The van der Waals surface area contributed by atoms with E-state index in [1.165, 1.54) is 6.42 Å². The second-order valence-corrected chi connectivity index (χ2v) is 3.47. The van der Waals surface area contributed by atoms with Crippen LogP contribution < -0.4 is 5.73 Å². The monoisotopic (exact) mass is 173 g/mol. The SMILES string of the molecule is CCCC1COCC1(CN)OC. The number of hydrogen-bond donors (Lipinski definition) is 1. The molecule has 0 aromatic heterocycles. The molecule has 72 valence electrons. The zero-order valence-corrected chi connectivity index (χ0v) is 8.01. The molecule has 2 unspecified atom stereocenters. The molecule has 0 spiro atoms. The largest absolute Gasteiger partial charge is 0.378 e. The maximum absolute atomic E-state index is 5.69. The Bertz CT molecular complexity index is 134. The summed E-state index contributed by atoms with van der Waals surface area (Å²) in [5.74, 6) is 0.484. The summed E-state index contributed by atoms with van der Waals surface area (Å²) < 4.78 is 10.9. The van der Waals surface area contributed by atoms with E-state index >= 15 is 0 Å². The molecule has 0 aromatic rings. The first-order chi connectivity index (χ1) is 5.79. The van der Waals surface area contributed by atoms with E-state index in [1.807, 2.05) is 0 Å². The smallest absolute Gasteiger partial charge is 0.108 e. The predicted octanol–water partition coefficient (Wildman–Crippen LogP) is 0.777. The lowest BCUT2D eigenvalue weighted by molar-refractivity contribution is -0.0353. The summed E-state index contributed by atoms with van der Waals surface area (Å²) in [5, 5.41) is 0. The molecule has 0 amide bonds. The molecule has 1 heterocycles. The van der Waals surface area contributed by atoms with E-state index in [0.717, 1.165) is 13.0 Å². The Morgan fingerprint density at radius 2 is 2.42 bits per heavy atom. The molecular weight excluding hydrogens is 154 g/mol. The van der Waals surface area contributed by atoms with Crippen LogP contribution in [0, 0.1) is 5.92 Å². The molecule has 0 aromatic carbocycles. The number of ether oxygens (including phenoxy) is 2. The van der Waals surface area contributed by atoms with Crippen LogP contribution >= 0.6 is 0 Å². The molecule has 12 heavy (non-hydrogen) atoms. The van der Waals surface area contributed by atoms with Gasteiger partial charge in [0.05, 0.1) is 13.2 Å². The third-order valence-electron chi connectivity index (χ3n) is 2.80. The van der Waals surface area contributed by atoms with Crippen molar-refractivity contribution in [1.82, 2.24) is 0 Å². The summed E-state index contributed by atoms with van der Waals surface area (Å²) in [5.41, 5.74) is 5.50. The zero-order valence-electron chi connectivity index (χ0n) is 8.01. The highest BCUT2D eigenvalue weighted by Gasteiger charge is 2.42. The second-order valence-electron chi connectivity index (χ2n) is 3.47. The first kappa shape index (κ1) is 9.96. The lowest BCUT2D eigenvalue weighted by atomic mass is 9.87. The normalized spacial score (nSPS) is 35.8. The minimum atomic E-state index is -0.198. The molecule has 0 aliphatic carbocycles. The summed E-state index contributed by atoms with van der Waals surface area (Å²) in [6.07, 6.45) is 2.31. The van der Waals surface area contributed by atoms with Gasteiger partial charge in [0, 0.05) is 19.6 Å². The highest BCUT2D eigenvalue weighted by molar-refractivity contribution is 4.93. The first-order valence-electron chi connectivity index (χ1n) is 4.62. The van der Waals surface area contributed by atoms with E-state index in [9.17, 15) is 0 Å². The average molecular weight is 173 g/mol. The van der Waals surface area contributed by atoms with Crippen molar-refractivity contribution in [1.29, 1.82) is 0 Å². The third kappa shape index (κ3) is 1.63. The molecule has 3 nitrogen and oxygen atoms in total. The van der Waals surface area contributed by atoms with Crippen LogP contribution in [0.5, 0.6) is 0 Å². The van der Waals surface area contributed by atoms with Crippen LogP contribution in [0.3, 0.4) is 0 Å². The van der Waals surface area contributed by atoms with Gasteiger partial charge in [-0.25, -0.2) is 0 Å². The number of hydrogen-bond acceptors (Lipinski definition) is 3. The molecule has 3 heteroatoms. The van der Waals surface area contributed by atoms with E-state index in [-0.39, 0.29) is 5.60 Å². The third-order valence-corrected chi connectivity index (χ3v) is 2.80. The summed E-state index contributed by atoms with van der Waals surface area (Å²) in [4.78, 5) is 0. The second kappa shape index (κ2) is 4.21. The van der Waals surface area contributed by atoms with Gasteiger partial charge in [-0.3, -0.25) is 0 Å². The Labute approximate surface area is 74.2 Å². The van der Waals surface area contributed by atoms with Crippen molar-refractivity contribution in [3.63, 3.8) is 0 Å². The van der Waals surface area contributed by atoms with Gasteiger partial charge in [-0.1, -0.05) is 13.3 Å². The van der Waals surface area contributed by atoms with E-state index in [0.29, 0.717) is 19.1 Å². The Kier molecular flexibility index (Phi) is 3.50. The van der Waals surface area contributed by atoms with Gasteiger partial charge >= 0.3 is 0 Å². The fraction of sp³-hybridized carbons (Fsp3) is 1.00. The van der Waals surface area contributed by atoms with Crippen molar-refractivity contribution in [2.24, 2.45) is 11.7 Å². The van der Waals surface area contributed by atoms with Crippen molar-refractivity contribution >= 4 is 0 Å². The highest BCUT2D eigenvalue weighted by Crippen LogP contribution is 2.31. The van der Waals surface area contributed by atoms with Gasteiger partial charge in [0.15, 0.2) is 0 Å². The van der Waals surface area contributed by atoms with Gasteiger partial charge in [-0.05, 0) is 6.42 Å². The number of methoxy groups -OCH3 is 1. The van der Waals surface area contributed by atoms with Crippen LogP contribution in [-0.2, 0) is 9.47 Å². The fourth-order valence-electron chi connectivity index (χ4n) is 1.87. The molecule has 1 aliphatic heterocycles. The molecule has 2 atom stereocenters. The van der Waals surface area contributed by atoms with E-state index in [2.05, 4.69) is 6.92 Å². The molecule has 0 bridgehead atoms. The minimum Gasteiger partial charge on any atom is -0.378 e. The molecule has 0 radical (unpaired) electrons. The summed E-state index contributed by atoms with van der Waals surface area (Å²) >= 11 is 0.